The Morgan fingerprint density at radius 1 is 1.47 bits per heavy atom. The summed E-state index contributed by atoms with van der Waals surface area (Å²) < 4.78 is 1.12. The Balaban J connectivity index is 0.00000256. The molecule has 0 aromatic heterocycles. The second-order valence-electron chi connectivity index (χ2n) is 3.81. The monoisotopic (exact) mass is 368 g/mol. The lowest BCUT2D eigenvalue weighted by Crippen LogP contribution is -2.37. The Morgan fingerprint density at radius 2 is 2.12 bits per heavy atom. The van der Waals surface area contributed by atoms with Crippen molar-refractivity contribution >= 4 is 40.9 Å². The van der Waals surface area contributed by atoms with E-state index in [0.29, 0.717) is 6.54 Å². The van der Waals surface area contributed by atoms with Crippen LogP contribution in [-0.4, -0.2) is 25.5 Å². The first-order chi connectivity index (χ1) is 7.56. The summed E-state index contributed by atoms with van der Waals surface area (Å²) in [5.74, 6) is -0.00174. The van der Waals surface area contributed by atoms with Crippen molar-refractivity contribution in [1.82, 2.24) is 10.6 Å². The van der Waals surface area contributed by atoms with E-state index in [2.05, 4.69) is 33.2 Å². The van der Waals surface area contributed by atoms with Crippen LogP contribution >= 0.6 is 35.0 Å². The lowest BCUT2D eigenvalue weighted by Gasteiger charge is -2.12. The summed E-state index contributed by atoms with van der Waals surface area (Å²) in [7, 11) is 1.88. The van der Waals surface area contributed by atoms with Gasteiger partial charge in [-0.2, -0.15) is 0 Å². The molecule has 0 aliphatic heterocycles. The first-order valence-corrected chi connectivity index (χ1v) is 6.34. The molecule has 0 saturated heterocycles. The predicted molar refractivity (Wildman–Crippen MR) is 82.0 cm³/mol. The third kappa shape index (κ3) is 4.81. The van der Waals surface area contributed by atoms with Gasteiger partial charge in [0.25, 0.3) is 5.91 Å². The highest BCUT2D eigenvalue weighted by molar-refractivity contribution is 14.1. The lowest BCUT2D eigenvalue weighted by atomic mass is 10.1. The number of nitrogens with one attached hydrogen (secondary N) is 2. The predicted octanol–water partition coefficient (Wildman–Crippen LogP) is 2.36. The highest BCUT2D eigenvalue weighted by Gasteiger charge is 2.10. The molecule has 0 saturated carbocycles. The number of likely N-dealkylation sites (N-methyl/N-ethyl adjacent to an activating group) is 1. The van der Waals surface area contributed by atoms with E-state index >= 15 is 0 Å². The molecule has 1 atom stereocenters. The van der Waals surface area contributed by atoms with E-state index in [1.807, 2.05) is 39.1 Å². The number of carbonyl (C=O) groups is 1. The van der Waals surface area contributed by atoms with Gasteiger partial charge in [-0.15, -0.1) is 12.4 Å². The molecule has 1 unspecified atom stereocenters. The molecule has 0 radical (unpaired) electrons. The normalized spacial score (nSPS) is 11.5. The summed E-state index contributed by atoms with van der Waals surface area (Å²) in [4.78, 5) is 11.9. The van der Waals surface area contributed by atoms with Crippen LogP contribution in [0.4, 0.5) is 0 Å². The minimum absolute atomic E-state index is 0. The fraction of sp³-hybridized carbons (Fsp3) is 0.417. The molecular weight excluding hydrogens is 351 g/mol. The minimum Gasteiger partial charge on any atom is -0.350 e. The minimum atomic E-state index is -0.00174. The summed E-state index contributed by atoms with van der Waals surface area (Å²) in [6.07, 6.45) is 0. The number of hydrogen-bond donors (Lipinski definition) is 2. The van der Waals surface area contributed by atoms with E-state index in [9.17, 15) is 4.79 Å². The third-order valence-electron chi connectivity index (χ3n) is 2.57. The van der Waals surface area contributed by atoms with Crippen LogP contribution in [0.5, 0.6) is 0 Å². The van der Waals surface area contributed by atoms with Crippen LogP contribution in [0.15, 0.2) is 18.2 Å². The summed E-state index contributed by atoms with van der Waals surface area (Å²) in [5.41, 5.74) is 1.80. The van der Waals surface area contributed by atoms with Gasteiger partial charge < -0.3 is 10.6 Å². The van der Waals surface area contributed by atoms with Gasteiger partial charge in [0.15, 0.2) is 0 Å². The fourth-order valence-corrected chi connectivity index (χ4v) is 1.79. The van der Waals surface area contributed by atoms with Crippen molar-refractivity contribution in [2.75, 3.05) is 13.6 Å². The van der Waals surface area contributed by atoms with Gasteiger partial charge in [-0.25, -0.2) is 0 Å². The van der Waals surface area contributed by atoms with Crippen LogP contribution in [-0.2, 0) is 0 Å². The Hall–Kier alpha value is -0.330. The molecule has 17 heavy (non-hydrogen) atoms. The Morgan fingerprint density at radius 3 is 2.71 bits per heavy atom. The molecule has 1 rings (SSSR count). The maximum absolute atomic E-state index is 11.9. The average Bonchev–Trinajstić information content (AvgIpc) is 2.29. The Bertz CT molecular complexity index is 385. The van der Waals surface area contributed by atoms with Crippen molar-refractivity contribution in [3.05, 3.63) is 32.9 Å². The quantitative estimate of drug-likeness (QED) is 0.801. The second-order valence-corrected chi connectivity index (χ2v) is 4.97. The van der Waals surface area contributed by atoms with E-state index in [1.165, 1.54) is 0 Å². The number of rotatable bonds is 4. The molecule has 2 N–H and O–H groups in total. The zero-order valence-corrected chi connectivity index (χ0v) is 13.2. The maximum atomic E-state index is 11.9. The molecule has 0 bridgehead atoms. The highest BCUT2D eigenvalue weighted by Crippen LogP contribution is 2.15. The standard InChI is InChI=1S/C12H17IN2O.ClH/c1-8(14-3)7-15-12(16)10-5-4-6-11(13)9(10)2;/h4-6,8,14H,7H2,1-3H3,(H,15,16);1H. The van der Waals surface area contributed by atoms with Crippen molar-refractivity contribution < 1.29 is 4.79 Å². The van der Waals surface area contributed by atoms with Crippen LogP contribution in [0.3, 0.4) is 0 Å². The fourth-order valence-electron chi connectivity index (χ4n) is 1.30. The summed E-state index contributed by atoms with van der Waals surface area (Å²) in [5, 5.41) is 5.99. The van der Waals surface area contributed by atoms with E-state index in [-0.39, 0.29) is 24.4 Å². The largest absolute Gasteiger partial charge is 0.350 e. The SMILES string of the molecule is CNC(C)CNC(=O)c1cccc(I)c1C.Cl. The summed E-state index contributed by atoms with van der Waals surface area (Å²) in [6.45, 7) is 4.64. The van der Waals surface area contributed by atoms with Gasteiger partial charge in [-0.05, 0) is 61.2 Å². The molecule has 0 spiro atoms. The van der Waals surface area contributed by atoms with Gasteiger partial charge in [-0.3, -0.25) is 4.79 Å². The van der Waals surface area contributed by atoms with Gasteiger partial charge in [0.1, 0.15) is 0 Å². The molecule has 1 aromatic rings. The zero-order valence-electron chi connectivity index (χ0n) is 10.2. The molecule has 0 fully saturated rings. The van der Waals surface area contributed by atoms with E-state index < -0.39 is 0 Å². The van der Waals surface area contributed by atoms with Crippen molar-refractivity contribution in [3.63, 3.8) is 0 Å². The van der Waals surface area contributed by atoms with Gasteiger partial charge in [0.05, 0.1) is 0 Å². The Labute approximate surface area is 122 Å². The van der Waals surface area contributed by atoms with Crippen LogP contribution in [0, 0.1) is 10.5 Å². The van der Waals surface area contributed by atoms with Gasteiger partial charge >= 0.3 is 0 Å². The molecule has 0 heterocycles. The third-order valence-corrected chi connectivity index (χ3v) is 3.74. The first kappa shape index (κ1) is 16.7. The van der Waals surface area contributed by atoms with Crippen LogP contribution in [0.25, 0.3) is 0 Å². The topological polar surface area (TPSA) is 41.1 Å². The van der Waals surface area contributed by atoms with Gasteiger partial charge in [0, 0.05) is 21.7 Å². The second kappa shape index (κ2) is 7.89. The van der Waals surface area contributed by atoms with Crippen LogP contribution in [0.2, 0.25) is 0 Å². The van der Waals surface area contributed by atoms with E-state index in [0.717, 1.165) is 14.7 Å². The van der Waals surface area contributed by atoms with Gasteiger partial charge in [0.2, 0.25) is 0 Å². The summed E-state index contributed by atoms with van der Waals surface area (Å²) >= 11 is 2.24. The van der Waals surface area contributed by atoms with Crippen molar-refractivity contribution in [2.24, 2.45) is 0 Å². The van der Waals surface area contributed by atoms with E-state index in [4.69, 9.17) is 0 Å². The molecule has 96 valence electrons. The molecular formula is C12H18ClIN2O. The van der Waals surface area contributed by atoms with Crippen molar-refractivity contribution in [3.8, 4) is 0 Å². The number of carbonyl (C=O) groups excluding carboxylic acids is 1. The van der Waals surface area contributed by atoms with Crippen LogP contribution in [0.1, 0.15) is 22.8 Å². The molecule has 1 aromatic carbocycles. The maximum Gasteiger partial charge on any atom is 0.251 e. The number of halogens is 2. The molecule has 1 amide bonds. The van der Waals surface area contributed by atoms with E-state index in [1.54, 1.807) is 0 Å². The van der Waals surface area contributed by atoms with Crippen LogP contribution < -0.4 is 10.6 Å². The zero-order chi connectivity index (χ0) is 12.1. The lowest BCUT2D eigenvalue weighted by molar-refractivity contribution is 0.0950. The number of hydrogen-bond acceptors (Lipinski definition) is 2. The molecule has 0 aliphatic rings. The number of benzene rings is 1. The molecule has 5 heteroatoms. The molecule has 0 aliphatic carbocycles. The van der Waals surface area contributed by atoms with Gasteiger partial charge in [-0.1, -0.05) is 6.07 Å². The highest BCUT2D eigenvalue weighted by atomic mass is 127. The summed E-state index contributed by atoms with van der Waals surface area (Å²) in [6, 6.07) is 6.05. The average molecular weight is 369 g/mol. The van der Waals surface area contributed by atoms with Crippen molar-refractivity contribution in [1.29, 1.82) is 0 Å². The Kier molecular flexibility index (Phi) is 7.74. The number of amides is 1. The smallest absolute Gasteiger partial charge is 0.251 e. The molecule has 3 nitrogen and oxygen atoms in total. The first-order valence-electron chi connectivity index (χ1n) is 5.26. The van der Waals surface area contributed by atoms with Crippen molar-refractivity contribution in [2.45, 2.75) is 19.9 Å².